The molecule has 3 heteroatoms. The summed E-state index contributed by atoms with van der Waals surface area (Å²) >= 11 is 1.59. The molecule has 0 aliphatic heterocycles. The summed E-state index contributed by atoms with van der Waals surface area (Å²) in [4.78, 5) is 16.0. The molecule has 0 saturated heterocycles. The Labute approximate surface area is 80.2 Å². The number of H-pyrrole nitrogens is 1. The molecular formula is C10H11NOS. The van der Waals surface area contributed by atoms with Crippen molar-refractivity contribution in [1.29, 1.82) is 0 Å². The average molecular weight is 193 g/mol. The largest absolute Gasteiger partial charge is 0.360 e. The Morgan fingerprint density at radius 3 is 3.00 bits per heavy atom. The standard InChI is InChI=1S/C10H11NOS/c1-3-7-4-8-10(13-7)9(12)6(2)5-11-8/h4-5H,3H2,1-2H3,(H,11,12). The minimum atomic E-state index is 0.165. The third kappa shape index (κ3) is 1.29. The summed E-state index contributed by atoms with van der Waals surface area (Å²) in [7, 11) is 0. The molecule has 2 nitrogen and oxygen atoms in total. The number of hydrogen-bond donors (Lipinski definition) is 1. The highest BCUT2D eigenvalue weighted by atomic mass is 32.1. The molecule has 2 rings (SSSR count). The van der Waals surface area contributed by atoms with Crippen molar-refractivity contribution >= 4 is 21.6 Å². The lowest BCUT2D eigenvalue weighted by atomic mass is 10.3. The maximum atomic E-state index is 11.6. The molecular weight excluding hydrogens is 182 g/mol. The van der Waals surface area contributed by atoms with Gasteiger partial charge >= 0.3 is 0 Å². The highest BCUT2D eigenvalue weighted by Crippen LogP contribution is 2.21. The van der Waals surface area contributed by atoms with Crippen molar-refractivity contribution in [3.63, 3.8) is 0 Å². The lowest BCUT2D eigenvalue weighted by molar-refractivity contribution is 1.19. The molecule has 0 aliphatic rings. The summed E-state index contributed by atoms with van der Waals surface area (Å²) in [6, 6.07) is 2.06. The van der Waals surface area contributed by atoms with Crippen LogP contribution in [0.3, 0.4) is 0 Å². The van der Waals surface area contributed by atoms with Crippen LogP contribution in [0.1, 0.15) is 17.4 Å². The smallest absolute Gasteiger partial charge is 0.202 e. The van der Waals surface area contributed by atoms with Crippen LogP contribution in [0.5, 0.6) is 0 Å². The van der Waals surface area contributed by atoms with Crippen molar-refractivity contribution in [3.05, 3.63) is 32.9 Å². The first-order valence-electron chi connectivity index (χ1n) is 4.33. The average Bonchev–Trinajstić information content (AvgIpc) is 2.55. The molecule has 0 aliphatic carbocycles. The van der Waals surface area contributed by atoms with Gasteiger partial charge in [-0.1, -0.05) is 6.92 Å². The number of aromatic amines is 1. The van der Waals surface area contributed by atoms with E-state index < -0.39 is 0 Å². The van der Waals surface area contributed by atoms with Gasteiger partial charge in [0.15, 0.2) is 0 Å². The lowest BCUT2D eigenvalue weighted by Crippen LogP contribution is -2.03. The Hall–Kier alpha value is -1.09. The SMILES string of the molecule is CCc1cc2[nH]cc(C)c(=O)c2s1. The molecule has 0 spiro atoms. The summed E-state index contributed by atoms with van der Waals surface area (Å²) in [6.45, 7) is 3.94. The second-order valence-electron chi connectivity index (χ2n) is 3.11. The van der Waals surface area contributed by atoms with Gasteiger partial charge in [0.25, 0.3) is 0 Å². The quantitative estimate of drug-likeness (QED) is 0.741. The third-order valence-electron chi connectivity index (χ3n) is 2.14. The van der Waals surface area contributed by atoms with Crippen molar-refractivity contribution < 1.29 is 0 Å². The summed E-state index contributed by atoms with van der Waals surface area (Å²) in [5, 5.41) is 0. The number of thiophene rings is 1. The molecule has 1 N–H and O–H groups in total. The molecule has 13 heavy (non-hydrogen) atoms. The Balaban J connectivity index is 2.84. The maximum Gasteiger partial charge on any atom is 0.202 e. The van der Waals surface area contributed by atoms with E-state index in [2.05, 4.69) is 18.0 Å². The summed E-state index contributed by atoms with van der Waals surface area (Å²) < 4.78 is 0.858. The monoisotopic (exact) mass is 193 g/mol. The van der Waals surface area contributed by atoms with E-state index >= 15 is 0 Å². The van der Waals surface area contributed by atoms with E-state index in [9.17, 15) is 4.79 Å². The van der Waals surface area contributed by atoms with Crippen molar-refractivity contribution in [2.75, 3.05) is 0 Å². The fourth-order valence-corrected chi connectivity index (χ4v) is 2.39. The van der Waals surface area contributed by atoms with E-state index in [1.165, 1.54) is 4.88 Å². The van der Waals surface area contributed by atoms with Gasteiger partial charge in [0.05, 0.1) is 10.2 Å². The van der Waals surface area contributed by atoms with Crippen molar-refractivity contribution in [3.8, 4) is 0 Å². The number of fused-ring (bicyclic) bond motifs is 1. The molecule has 0 amide bonds. The molecule has 0 saturated carbocycles. The second-order valence-corrected chi connectivity index (χ2v) is 4.25. The zero-order valence-corrected chi connectivity index (χ0v) is 8.49. The van der Waals surface area contributed by atoms with Crippen LogP contribution < -0.4 is 5.43 Å². The van der Waals surface area contributed by atoms with E-state index in [-0.39, 0.29) is 5.43 Å². The van der Waals surface area contributed by atoms with Crippen LogP contribution in [0.2, 0.25) is 0 Å². The second kappa shape index (κ2) is 3.00. The Morgan fingerprint density at radius 2 is 2.31 bits per heavy atom. The molecule has 2 heterocycles. The number of hydrogen-bond acceptors (Lipinski definition) is 2. The topological polar surface area (TPSA) is 32.9 Å². The van der Waals surface area contributed by atoms with E-state index in [1.54, 1.807) is 17.5 Å². The normalized spacial score (nSPS) is 10.9. The van der Waals surface area contributed by atoms with E-state index in [1.807, 2.05) is 6.92 Å². The maximum absolute atomic E-state index is 11.6. The van der Waals surface area contributed by atoms with Gasteiger partial charge in [-0.15, -0.1) is 11.3 Å². The molecule has 0 atom stereocenters. The van der Waals surface area contributed by atoms with Crippen molar-refractivity contribution in [1.82, 2.24) is 4.98 Å². The summed E-state index contributed by atoms with van der Waals surface area (Å²) in [5.74, 6) is 0. The Kier molecular flexibility index (Phi) is 1.96. The molecule has 0 bridgehead atoms. The number of rotatable bonds is 1. The molecule has 2 aromatic heterocycles. The van der Waals surface area contributed by atoms with Crippen molar-refractivity contribution in [2.24, 2.45) is 0 Å². The number of nitrogens with one attached hydrogen (secondary N) is 1. The van der Waals surface area contributed by atoms with Crippen LogP contribution in [-0.2, 0) is 6.42 Å². The van der Waals surface area contributed by atoms with Crippen LogP contribution >= 0.6 is 11.3 Å². The lowest BCUT2D eigenvalue weighted by Gasteiger charge is -1.90. The molecule has 0 fully saturated rings. The van der Waals surface area contributed by atoms with E-state index in [0.29, 0.717) is 0 Å². The fourth-order valence-electron chi connectivity index (χ4n) is 1.32. The predicted octanol–water partition coefficient (Wildman–Crippen LogP) is 2.46. The van der Waals surface area contributed by atoms with Gasteiger partial charge < -0.3 is 4.98 Å². The van der Waals surface area contributed by atoms with Gasteiger partial charge in [-0.25, -0.2) is 0 Å². The van der Waals surface area contributed by atoms with Crippen LogP contribution in [0.25, 0.3) is 10.2 Å². The van der Waals surface area contributed by atoms with Gasteiger partial charge in [-0.3, -0.25) is 4.79 Å². The van der Waals surface area contributed by atoms with Gasteiger partial charge in [0.2, 0.25) is 5.43 Å². The van der Waals surface area contributed by atoms with E-state index in [4.69, 9.17) is 0 Å². The fraction of sp³-hybridized carbons (Fsp3) is 0.300. The first kappa shape index (κ1) is 8.51. The van der Waals surface area contributed by atoms with Gasteiger partial charge in [0.1, 0.15) is 0 Å². The number of aromatic nitrogens is 1. The van der Waals surface area contributed by atoms with Crippen LogP contribution in [0.15, 0.2) is 17.1 Å². The van der Waals surface area contributed by atoms with E-state index in [0.717, 1.165) is 22.2 Å². The number of pyridine rings is 1. The molecule has 2 aromatic rings. The zero-order chi connectivity index (χ0) is 9.42. The van der Waals surface area contributed by atoms with Gasteiger partial charge in [-0.05, 0) is 19.4 Å². The highest BCUT2D eigenvalue weighted by Gasteiger charge is 2.05. The molecule has 0 unspecified atom stereocenters. The Bertz CT molecular complexity index is 495. The molecule has 68 valence electrons. The molecule has 0 aromatic carbocycles. The van der Waals surface area contributed by atoms with Crippen molar-refractivity contribution in [2.45, 2.75) is 20.3 Å². The Morgan fingerprint density at radius 1 is 1.54 bits per heavy atom. The zero-order valence-electron chi connectivity index (χ0n) is 7.68. The summed E-state index contributed by atoms with van der Waals surface area (Å²) in [6.07, 6.45) is 2.77. The van der Waals surface area contributed by atoms with Gasteiger partial charge in [-0.2, -0.15) is 0 Å². The number of aryl methyl sites for hydroxylation is 2. The highest BCUT2D eigenvalue weighted by molar-refractivity contribution is 7.18. The van der Waals surface area contributed by atoms with Crippen LogP contribution in [0.4, 0.5) is 0 Å². The minimum absolute atomic E-state index is 0.165. The first-order valence-corrected chi connectivity index (χ1v) is 5.14. The predicted molar refractivity (Wildman–Crippen MR) is 56.6 cm³/mol. The van der Waals surface area contributed by atoms with Crippen LogP contribution in [-0.4, -0.2) is 4.98 Å². The first-order chi connectivity index (χ1) is 6.22. The minimum Gasteiger partial charge on any atom is -0.360 e. The van der Waals surface area contributed by atoms with Gasteiger partial charge in [0, 0.05) is 16.6 Å². The van der Waals surface area contributed by atoms with Crippen LogP contribution in [0, 0.1) is 6.92 Å². The molecule has 0 radical (unpaired) electrons. The summed E-state index contributed by atoms with van der Waals surface area (Å²) in [5.41, 5.74) is 1.92. The third-order valence-corrected chi connectivity index (χ3v) is 3.42.